The number of carboxylic acid groups (broad SMARTS) is 1. The summed E-state index contributed by atoms with van der Waals surface area (Å²) in [6.45, 7) is 1.80. The normalized spacial score (nSPS) is 20.3. The number of pyridine rings is 1. The van der Waals surface area contributed by atoms with Gasteiger partial charge in [0.1, 0.15) is 16.3 Å². The molecule has 0 spiro atoms. The van der Waals surface area contributed by atoms with Crippen molar-refractivity contribution >= 4 is 29.1 Å². The number of carbonyl (C=O) groups is 3. The number of unbranched alkanes of at least 4 members (excludes halogenated alkanes) is 1. The number of carbonyl (C=O) groups excluding carboxylic acids is 2. The Kier molecular flexibility index (Phi) is 12.3. The van der Waals surface area contributed by atoms with Crippen LogP contribution in [-0.2, 0) is 33.8 Å². The van der Waals surface area contributed by atoms with Gasteiger partial charge in [-0.15, -0.1) is 11.3 Å². The van der Waals surface area contributed by atoms with E-state index in [1.165, 1.54) is 4.90 Å². The summed E-state index contributed by atoms with van der Waals surface area (Å²) in [5, 5.41) is 20.7. The molecular formula is C38H40F6N4O5S. The summed E-state index contributed by atoms with van der Waals surface area (Å²) in [4.78, 5) is 45.4. The molecule has 16 heteroatoms. The lowest BCUT2D eigenvalue weighted by Crippen LogP contribution is -2.68. The number of halogens is 6. The molecular weight excluding hydrogens is 738 g/mol. The molecule has 4 heterocycles. The molecule has 5 rings (SSSR count). The minimum absolute atomic E-state index is 0.0166. The van der Waals surface area contributed by atoms with Crippen molar-refractivity contribution in [2.24, 2.45) is 0 Å². The molecule has 2 atom stereocenters. The van der Waals surface area contributed by atoms with E-state index >= 15 is 0 Å². The van der Waals surface area contributed by atoms with Crippen LogP contribution in [-0.4, -0.2) is 69.0 Å². The summed E-state index contributed by atoms with van der Waals surface area (Å²) >= 11 is 0.369. The molecule has 2 aromatic heterocycles. The predicted molar refractivity (Wildman–Crippen MR) is 186 cm³/mol. The maximum Gasteiger partial charge on any atom is 0.425 e. The zero-order chi connectivity index (χ0) is 39.3. The number of benzene rings is 1. The SMILES string of the molecule is CCC[C@H]1N(C(=O)c2ncccc2C(F)(F)F)CCC[C@@]1(Oc1csc(C(F)(F)F)c1)C(=O)N1CCC(C#N)(c2ccccc2CCCCC(=O)O)CC1. The van der Waals surface area contributed by atoms with Crippen LogP contribution in [0.15, 0.2) is 54.0 Å². The zero-order valence-corrected chi connectivity index (χ0v) is 30.3. The van der Waals surface area contributed by atoms with Crippen LogP contribution >= 0.6 is 11.3 Å². The highest BCUT2D eigenvalue weighted by Crippen LogP contribution is 2.44. The smallest absolute Gasteiger partial charge is 0.425 e. The number of hydrogen-bond acceptors (Lipinski definition) is 7. The van der Waals surface area contributed by atoms with E-state index in [1.54, 1.807) is 13.0 Å². The van der Waals surface area contributed by atoms with Crippen LogP contribution in [0.2, 0.25) is 0 Å². The first-order chi connectivity index (χ1) is 25.6. The summed E-state index contributed by atoms with van der Waals surface area (Å²) < 4.78 is 89.5. The molecule has 0 bridgehead atoms. The number of likely N-dealkylation sites (tertiary alicyclic amines) is 2. The van der Waals surface area contributed by atoms with Gasteiger partial charge in [-0.1, -0.05) is 37.6 Å². The van der Waals surface area contributed by atoms with Gasteiger partial charge >= 0.3 is 18.3 Å². The Morgan fingerprint density at radius 1 is 1.02 bits per heavy atom. The van der Waals surface area contributed by atoms with Crippen molar-refractivity contribution in [1.29, 1.82) is 5.26 Å². The van der Waals surface area contributed by atoms with Crippen LogP contribution in [0.1, 0.15) is 96.8 Å². The molecule has 1 N–H and O–H groups in total. The molecule has 290 valence electrons. The van der Waals surface area contributed by atoms with Crippen LogP contribution in [0, 0.1) is 11.3 Å². The average molecular weight is 779 g/mol. The lowest BCUT2D eigenvalue weighted by Gasteiger charge is -2.51. The second kappa shape index (κ2) is 16.4. The summed E-state index contributed by atoms with van der Waals surface area (Å²) in [5.74, 6) is -2.87. The van der Waals surface area contributed by atoms with Gasteiger partial charge in [0, 0.05) is 50.1 Å². The maximum atomic E-state index is 14.9. The first-order valence-electron chi connectivity index (χ1n) is 17.7. The van der Waals surface area contributed by atoms with Gasteiger partial charge in [0.15, 0.2) is 0 Å². The van der Waals surface area contributed by atoms with E-state index in [0.717, 1.165) is 45.8 Å². The van der Waals surface area contributed by atoms with E-state index in [1.807, 2.05) is 18.2 Å². The highest BCUT2D eigenvalue weighted by atomic mass is 32.1. The monoisotopic (exact) mass is 778 g/mol. The fourth-order valence-corrected chi connectivity index (χ4v) is 8.35. The number of amides is 2. The minimum atomic E-state index is -4.92. The molecule has 3 aromatic rings. The molecule has 0 radical (unpaired) electrons. The van der Waals surface area contributed by atoms with Gasteiger partial charge < -0.3 is 19.6 Å². The van der Waals surface area contributed by atoms with Gasteiger partial charge in [0.25, 0.3) is 11.8 Å². The van der Waals surface area contributed by atoms with Crippen molar-refractivity contribution < 1.29 is 50.6 Å². The third-order valence-corrected chi connectivity index (χ3v) is 11.2. The average Bonchev–Trinajstić information content (AvgIpc) is 3.63. The van der Waals surface area contributed by atoms with Crippen molar-refractivity contribution in [3.05, 3.63) is 81.3 Å². The quantitative estimate of drug-likeness (QED) is 0.145. The topological polar surface area (TPSA) is 124 Å². The standard InChI is InChI=1S/C38H40F6N4O5S/c1-2-9-29-36(53-26-22-30(54-23-26)38(42,43)44,15-8-19-48(29)33(51)32-28(37(39,40)41)13-7-18-46-32)34(52)47-20-16-35(24-45,17-21-47)27-12-5-3-10-25(27)11-4-6-14-31(49)50/h3,5,7,10,12-13,18,22-23,29H,2,4,6,8-9,11,14-17,19-21H2,1H3,(H,49,50)/t29-,36+/m1/s1. The van der Waals surface area contributed by atoms with Crippen molar-refractivity contribution in [1.82, 2.24) is 14.8 Å². The van der Waals surface area contributed by atoms with Gasteiger partial charge in [-0.25, -0.2) is 0 Å². The number of carboxylic acids is 1. The number of nitrogens with zero attached hydrogens (tertiary/aromatic N) is 4. The number of aliphatic carboxylic acids is 1. The molecule has 2 aliphatic rings. The lowest BCUT2D eigenvalue weighted by atomic mass is 9.71. The Morgan fingerprint density at radius 3 is 2.37 bits per heavy atom. The number of aromatic nitrogens is 1. The molecule has 1 aromatic carbocycles. The van der Waals surface area contributed by atoms with Gasteiger partial charge in [-0.05, 0) is 68.2 Å². The van der Waals surface area contributed by atoms with Crippen molar-refractivity contribution in [3.8, 4) is 11.8 Å². The number of ether oxygens (including phenoxy) is 1. The first kappa shape index (κ1) is 40.5. The number of piperidine rings is 2. The van der Waals surface area contributed by atoms with E-state index in [0.29, 0.717) is 37.0 Å². The molecule has 0 saturated carbocycles. The Hall–Kier alpha value is -4.65. The van der Waals surface area contributed by atoms with Crippen LogP contribution in [0.3, 0.4) is 0 Å². The highest BCUT2D eigenvalue weighted by molar-refractivity contribution is 7.10. The summed E-state index contributed by atoms with van der Waals surface area (Å²) in [6, 6.07) is 11.2. The van der Waals surface area contributed by atoms with Crippen LogP contribution < -0.4 is 4.74 Å². The van der Waals surface area contributed by atoms with E-state index in [-0.39, 0.29) is 63.9 Å². The Morgan fingerprint density at radius 2 is 1.74 bits per heavy atom. The zero-order valence-electron chi connectivity index (χ0n) is 29.5. The highest BCUT2D eigenvalue weighted by Gasteiger charge is 2.57. The molecule has 9 nitrogen and oxygen atoms in total. The molecule has 2 fully saturated rings. The largest absolute Gasteiger partial charge is 0.481 e. The molecule has 54 heavy (non-hydrogen) atoms. The number of rotatable bonds is 12. The second-order valence-corrected chi connectivity index (χ2v) is 14.6. The van der Waals surface area contributed by atoms with Crippen LogP contribution in [0.4, 0.5) is 26.3 Å². The number of nitriles is 1. The number of hydrogen-bond donors (Lipinski definition) is 1. The van der Waals surface area contributed by atoms with Crippen molar-refractivity contribution in [2.75, 3.05) is 19.6 Å². The Balaban J connectivity index is 1.50. The molecule has 2 aliphatic heterocycles. The lowest BCUT2D eigenvalue weighted by molar-refractivity contribution is -0.160. The van der Waals surface area contributed by atoms with Gasteiger partial charge in [-0.2, -0.15) is 31.6 Å². The molecule has 2 amide bonds. The number of aryl methyl sites for hydroxylation is 1. The van der Waals surface area contributed by atoms with Crippen molar-refractivity contribution in [2.45, 2.75) is 101 Å². The summed E-state index contributed by atoms with van der Waals surface area (Å²) in [5.41, 5.74) is -3.44. The van der Waals surface area contributed by atoms with Crippen LogP contribution in [0.5, 0.6) is 5.75 Å². The minimum Gasteiger partial charge on any atom is -0.481 e. The fraction of sp³-hybridized carbons (Fsp3) is 0.500. The molecule has 2 saturated heterocycles. The molecule has 0 unspecified atom stereocenters. The molecule has 0 aliphatic carbocycles. The van der Waals surface area contributed by atoms with E-state index in [2.05, 4.69) is 11.1 Å². The van der Waals surface area contributed by atoms with E-state index in [4.69, 9.17) is 9.84 Å². The third-order valence-electron chi connectivity index (χ3n) is 10.3. The predicted octanol–water partition coefficient (Wildman–Crippen LogP) is 8.28. The van der Waals surface area contributed by atoms with E-state index < -0.39 is 63.3 Å². The number of thiophene rings is 1. The number of alkyl halides is 6. The van der Waals surface area contributed by atoms with E-state index in [9.17, 15) is 46.0 Å². The van der Waals surface area contributed by atoms with Crippen LogP contribution in [0.25, 0.3) is 0 Å². The summed E-state index contributed by atoms with van der Waals surface area (Å²) in [7, 11) is 0. The van der Waals surface area contributed by atoms with Gasteiger partial charge in [-0.3, -0.25) is 19.4 Å². The summed E-state index contributed by atoms with van der Waals surface area (Å²) in [6.07, 6.45) is -6.09. The Bertz CT molecular complexity index is 1870. The van der Waals surface area contributed by atoms with Gasteiger partial charge in [0.05, 0.1) is 23.1 Å². The van der Waals surface area contributed by atoms with Crippen molar-refractivity contribution in [3.63, 3.8) is 0 Å². The Labute approximate surface area is 312 Å². The second-order valence-electron chi connectivity index (χ2n) is 13.7. The first-order valence-corrected chi connectivity index (χ1v) is 18.6. The third kappa shape index (κ3) is 8.51. The fourth-order valence-electron chi connectivity index (χ4n) is 7.67. The maximum absolute atomic E-state index is 14.9. The van der Waals surface area contributed by atoms with Gasteiger partial charge in [0.2, 0.25) is 5.60 Å².